The maximum Gasteiger partial charge on any atom is 0.244 e. The largest absolute Gasteiger partial charge is 0.368 e. The van der Waals surface area contributed by atoms with Gasteiger partial charge in [0, 0.05) is 37.6 Å². The van der Waals surface area contributed by atoms with Crippen LogP contribution in [-0.4, -0.2) is 49.2 Å². The fraction of sp³-hybridized carbons (Fsp3) is 0.409. The van der Waals surface area contributed by atoms with Gasteiger partial charge in [-0.1, -0.05) is 37.3 Å². The van der Waals surface area contributed by atoms with Crippen LogP contribution in [0.25, 0.3) is 0 Å². The zero-order valence-electron chi connectivity index (χ0n) is 17.1. The highest BCUT2D eigenvalue weighted by atomic mass is 16.2. The molecule has 4 N–H and O–H groups in total. The number of para-hydroxylation sites is 1. The van der Waals surface area contributed by atoms with Crippen molar-refractivity contribution < 1.29 is 4.79 Å². The molecule has 2 saturated heterocycles. The number of aryl methyl sites for hydroxylation is 2. The van der Waals surface area contributed by atoms with Gasteiger partial charge in [-0.3, -0.25) is 4.79 Å². The van der Waals surface area contributed by atoms with Gasteiger partial charge < -0.3 is 15.1 Å². The number of hydrazine groups is 2. The molecule has 154 valence electrons. The molecule has 4 rings (SSSR count). The molecule has 0 saturated carbocycles. The Kier molecular flexibility index (Phi) is 5.99. The van der Waals surface area contributed by atoms with E-state index in [1.165, 1.54) is 16.8 Å². The average Bonchev–Trinajstić information content (AvgIpc) is 3.22. The predicted molar refractivity (Wildman–Crippen MR) is 116 cm³/mol. The third kappa shape index (κ3) is 4.37. The van der Waals surface area contributed by atoms with E-state index in [0.717, 1.165) is 38.3 Å². The lowest BCUT2D eigenvalue weighted by Gasteiger charge is -2.38. The second-order valence-electron chi connectivity index (χ2n) is 7.66. The van der Waals surface area contributed by atoms with Crippen LogP contribution in [0.15, 0.2) is 48.5 Å². The Balaban J connectivity index is 1.35. The zero-order chi connectivity index (χ0) is 20.2. The van der Waals surface area contributed by atoms with Gasteiger partial charge >= 0.3 is 0 Å². The van der Waals surface area contributed by atoms with E-state index in [4.69, 9.17) is 0 Å². The molecule has 2 aliphatic heterocycles. The number of hydrogen-bond donors (Lipinski definition) is 4. The normalized spacial score (nSPS) is 22.0. The quantitative estimate of drug-likeness (QED) is 0.618. The minimum atomic E-state index is -0.370. The Morgan fingerprint density at radius 3 is 2.45 bits per heavy atom. The van der Waals surface area contributed by atoms with Gasteiger partial charge in [-0.05, 0) is 42.7 Å². The molecule has 0 spiro atoms. The summed E-state index contributed by atoms with van der Waals surface area (Å²) in [5, 5.41) is 3.41. The summed E-state index contributed by atoms with van der Waals surface area (Å²) in [5.74, 6) is 0.106. The van der Waals surface area contributed by atoms with Gasteiger partial charge in [0.25, 0.3) is 0 Å². The molecule has 0 radical (unpaired) electrons. The molecule has 0 aliphatic carbocycles. The molecule has 0 aromatic heterocycles. The first-order valence-corrected chi connectivity index (χ1v) is 10.4. The minimum Gasteiger partial charge on any atom is -0.368 e. The number of benzene rings is 2. The first kappa shape index (κ1) is 19.7. The molecule has 0 bridgehead atoms. The lowest BCUT2D eigenvalue weighted by atomic mass is 10.1. The molecule has 2 fully saturated rings. The topological polar surface area (TPSA) is 71.7 Å². The molecular weight excluding hydrogens is 364 g/mol. The molecule has 2 heterocycles. The first-order chi connectivity index (χ1) is 14.2. The van der Waals surface area contributed by atoms with Crippen LogP contribution >= 0.6 is 0 Å². The van der Waals surface area contributed by atoms with Crippen LogP contribution in [0.5, 0.6) is 0 Å². The summed E-state index contributed by atoms with van der Waals surface area (Å²) < 4.78 is 0. The highest BCUT2D eigenvalue weighted by molar-refractivity contribution is 5.83. The van der Waals surface area contributed by atoms with Crippen LogP contribution in [0.3, 0.4) is 0 Å². The Bertz CT molecular complexity index is 831. The Hall–Kier alpha value is -2.61. The molecule has 2 unspecified atom stereocenters. The van der Waals surface area contributed by atoms with Gasteiger partial charge in [0.1, 0.15) is 12.2 Å². The number of nitrogens with zero attached hydrogens (tertiary/aromatic N) is 2. The molecule has 2 atom stereocenters. The van der Waals surface area contributed by atoms with Crippen LogP contribution in [-0.2, 0) is 11.2 Å². The van der Waals surface area contributed by atoms with Crippen LogP contribution in [0.4, 0.5) is 11.4 Å². The monoisotopic (exact) mass is 394 g/mol. The maximum absolute atomic E-state index is 13.1. The second kappa shape index (κ2) is 8.82. The lowest BCUT2D eigenvalue weighted by molar-refractivity contribution is -0.133. The van der Waals surface area contributed by atoms with Crippen LogP contribution in [0, 0.1) is 6.92 Å². The Labute approximate surface area is 172 Å². The zero-order valence-corrected chi connectivity index (χ0v) is 17.1. The van der Waals surface area contributed by atoms with E-state index < -0.39 is 0 Å². The summed E-state index contributed by atoms with van der Waals surface area (Å²) in [4.78, 5) is 17.5. The van der Waals surface area contributed by atoms with Crippen molar-refractivity contribution in [3.8, 4) is 0 Å². The highest BCUT2D eigenvalue weighted by Gasteiger charge is 2.36. The van der Waals surface area contributed by atoms with Crippen molar-refractivity contribution in [2.24, 2.45) is 0 Å². The van der Waals surface area contributed by atoms with Gasteiger partial charge in [0.2, 0.25) is 5.91 Å². The van der Waals surface area contributed by atoms with Crippen molar-refractivity contribution in [2.75, 3.05) is 36.4 Å². The SMILES string of the molecule is CCc1ccc(NC2NNNC2C(=O)N2CCN(c3ccccc3C)CC2)cc1. The minimum absolute atomic E-state index is 0.106. The third-order valence-corrected chi connectivity index (χ3v) is 5.79. The molecule has 2 aliphatic rings. The fourth-order valence-corrected chi connectivity index (χ4v) is 3.99. The summed E-state index contributed by atoms with van der Waals surface area (Å²) in [6.07, 6.45) is 0.796. The predicted octanol–water partition coefficient (Wildman–Crippen LogP) is 1.63. The molecule has 7 heteroatoms. The molecule has 2 aromatic rings. The number of hydrogen-bond acceptors (Lipinski definition) is 6. The number of carbonyl (C=O) groups excluding carboxylic acids is 1. The number of rotatable bonds is 5. The standard InChI is InChI=1S/C22H30N6O/c1-3-17-8-10-18(11-9-17)23-21-20(24-26-25-21)22(29)28-14-12-27(13-15-28)19-7-5-4-6-16(19)2/h4-11,20-21,23-26H,3,12-15H2,1-2H3. The van der Waals surface area contributed by atoms with Crippen LogP contribution < -0.4 is 26.6 Å². The van der Waals surface area contributed by atoms with E-state index in [1.807, 2.05) is 4.90 Å². The van der Waals surface area contributed by atoms with E-state index in [9.17, 15) is 4.79 Å². The van der Waals surface area contributed by atoms with E-state index in [2.05, 4.69) is 89.0 Å². The number of anilines is 2. The van der Waals surface area contributed by atoms with E-state index in [1.54, 1.807) is 0 Å². The van der Waals surface area contributed by atoms with Crippen molar-refractivity contribution in [3.63, 3.8) is 0 Å². The van der Waals surface area contributed by atoms with E-state index in [-0.39, 0.29) is 18.1 Å². The Morgan fingerprint density at radius 2 is 1.76 bits per heavy atom. The highest BCUT2D eigenvalue weighted by Crippen LogP contribution is 2.21. The summed E-state index contributed by atoms with van der Waals surface area (Å²) in [6, 6.07) is 16.4. The van der Waals surface area contributed by atoms with Crippen molar-refractivity contribution in [1.82, 2.24) is 21.3 Å². The van der Waals surface area contributed by atoms with Crippen molar-refractivity contribution >= 4 is 17.3 Å². The summed E-state index contributed by atoms with van der Waals surface area (Å²) in [7, 11) is 0. The number of nitrogens with one attached hydrogen (secondary N) is 4. The molecule has 29 heavy (non-hydrogen) atoms. The van der Waals surface area contributed by atoms with Crippen molar-refractivity contribution in [2.45, 2.75) is 32.5 Å². The summed E-state index contributed by atoms with van der Waals surface area (Å²) in [6.45, 7) is 7.42. The molecular formula is C22H30N6O. The average molecular weight is 395 g/mol. The van der Waals surface area contributed by atoms with Crippen LogP contribution in [0.2, 0.25) is 0 Å². The summed E-state index contributed by atoms with van der Waals surface area (Å²) >= 11 is 0. The second-order valence-corrected chi connectivity index (χ2v) is 7.66. The molecule has 2 aromatic carbocycles. The number of amides is 1. The van der Waals surface area contributed by atoms with Crippen LogP contribution in [0.1, 0.15) is 18.1 Å². The van der Waals surface area contributed by atoms with Gasteiger partial charge in [-0.25, -0.2) is 10.9 Å². The fourth-order valence-electron chi connectivity index (χ4n) is 3.99. The third-order valence-electron chi connectivity index (χ3n) is 5.79. The Morgan fingerprint density at radius 1 is 1.03 bits per heavy atom. The van der Waals surface area contributed by atoms with Gasteiger partial charge in [0.15, 0.2) is 0 Å². The maximum atomic E-state index is 13.1. The van der Waals surface area contributed by atoms with Crippen molar-refractivity contribution in [3.05, 3.63) is 59.7 Å². The number of piperazine rings is 1. The van der Waals surface area contributed by atoms with Gasteiger partial charge in [-0.2, -0.15) is 5.53 Å². The molecule has 1 amide bonds. The van der Waals surface area contributed by atoms with E-state index in [0.29, 0.717) is 0 Å². The van der Waals surface area contributed by atoms with Gasteiger partial charge in [-0.15, -0.1) is 0 Å². The summed E-state index contributed by atoms with van der Waals surface area (Å²) in [5.41, 5.74) is 13.9. The molecule has 7 nitrogen and oxygen atoms in total. The van der Waals surface area contributed by atoms with Gasteiger partial charge in [0.05, 0.1) is 0 Å². The smallest absolute Gasteiger partial charge is 0.244 e. The number of carbonyl (C=O) groups is 1. The van der Waals surface area contributed by atoms with Crippen molar-refractivity contribution in [1.29, 1.82) is 0 Å². The van der Waals surface area contributed by atoms with E-state index >= 15 is 0 Å². The lowest BCUT2D eigenvalue weighted by Crippen LogP contribution is -2.57. The first-order valence-electron chi connectivity index (χ1n) is 10.4.